The zero-order valence-electron chi connectivity index (χ0n) is 8.08. The number of hydrogen-bond donors (Lipinski definition) is 1. The van der Waals surface area contributed by atoms with Crippen LogP contribution in [0.2, 0.25) is 0 Å². The van der Waals surface area contributed by atoms with E-state index in [1.807, 2.05) is 6.92 Å². The smallest absolute Gasteiger partial charge is 0.227 e. The van der Waals surface area contributed by atoms with Crippen molar-refractivity contribution in [3.05, 3.63) is 23.7 Å². The minimum atomic E-state index is -0.394. The Morgan fingerprint density at radius 1 is 1.57 bits per heavy atom. The zero-order chi connectivity index (χ0) is 9.97. The monoisotopic (exact) mass is 195 g/mol. The number of ketones is 1. The number of carbonyl (C=O) groups excluding carboxylic acids is 1. The number of furan rings is 1. The van der Waals surface area contributed by atoms with Crippen molar-refractivity contribution in [3.63, 3.8) is 0 Å². The molecule has 0 amide bonds. The molecule has 0 aliphatic carbocycles. The van der Waals surface area contributed by atoms with E-state index < -0.39 is 6.10 Å². The second-order valence-electron chi connectivity index (χ2n) is 3.34. The Balaban J connectivity index is 2.07. The normalized spacial score (nSPS) is 22.2. The van der Waals surface area contributed by atoms with Crippen LogP contribution in [0.5, 0.6) is 0 Å². The van der Waals surface area contributed by atoms with E-state index in [2.05, 4.69) is 5.32 Å². The van der Waals surface area contributed by atoms with Crippen LogP contribution in [0, 0.1) is 6.92 Å². The van der Waals surface area contributed by atoms with Crippen LogP contribution in [0.1, 0.15) is 16.3 Å². The molecule has 0 saturated carbocycles. The highest BCUT2D eigenvalue weighted by Crippen LogP contribution is 2.11. The van der Waals surface area contributed by atoms with Gasteiger partial charge in [0.15, 0.2) is 5.76 Å². The molecule has 1 unspecified atom stereocenters. The molecule has 1 saturated heterocycles. The summed E-state index contributed by atoms with van der Waals surface area (Å²) in [6.07, 6.45) is -0.394. The molecule has 0 radical (unpaired) electrons. The van der Waals surface area contributed by atoms with E-state index in [1.165, 1.54) is 0 Å². The van der Waals surface area contributed by atoms with Gasteiger partial charge < -0.3 is 14.5 Å². The van der Waals surface area contributed by atoms with Crippen LogP contribution in [0.15, 0.2) is 16.5 Å². The first-order valence-corrected chi connectivity index (χ1v) is 4.70. The van der Waals surface area contributed by atoms with Gasteiger partial charge in [0.2, 0.25) is 5.78 Å². The number of morpholine rings is 1. The maximum atomic E-state index is 11.8. The Bertz CT molecular complexity index is 326. The standard InChI is InChI=1S/C10H13NO3/c1-7-2-3-8(14-7)10(12)9-6-11-4-5-13-9/h2-3,9,11H,4-6H2,1H3. The summed E-state index contributed by atoms with van der Waals surface area (Å²) in [6, 6.07) is 3.47. The van der Waals surface area contributed by atoms with Crippen LogP contribution >= 0.6 is 0 Å². The Labute approximate surface area is 82.2 Å². The number of nitrogens with one attached hydrogen (secondary N) is 1. The maximum Gasteiger partial charge on any atom is 0.227 e. The minimum absolute atomic E-state index is 0.0784. The third-order valence-corrected chi connectivity index (χ3v) is 2.20. The van der Waals surface area contributed by atoms with Crippen molar-refractivity contribution in [3.8, 4) is 0 Å². The van der Waals surface area contributed by atoms with Gasteiger partial charge >= 0.3 is 0 Å². The van der Waals surface area contributed by atoms with Gasteiger partial charge in [-0.2, -0.15) is 0 Å². The maximum absolute atomic E-state index is 11.8. The van der Waals surface area contributed by atoms with Crippen molar-refractivity contribution < 1.29 is 13.9 Å². The number of hydrogen-bond acceptors (Lipinski definition) is 4. The topological polar surface area (TPSA) is 51.5 Å². The van der Waals surface area contributed by atoms with Crippen molar-refractivity contribution in [1.82, 2.24) is 5.32 Å². The van der Waals surface area contributed by atoms with Gasteiger partial charge in [-0.25, -0.2) is 0 Å². The number of Topliss-reactive ketones (excluding diaryl/α,β-unsaturated/α-hetero) is 1. The second-order valence-corrected chi connectivity index (χ2v) is 3.34. The molecule has 2 heterocycles. The van der Waals surface area contributed by atoms with Crippen LogP contribution in [0.3, 0.4) is 0 Å². The molecule has 4 heteroatoms. The van der Waals surface area contributed by atoms with Gasteiger partial charge in [-0.3, -0.25) is 4.79 Å². The fourth-order valence-electron chi connectivity index (χ4n) is 1.46. The van der Waals surface area contributed by atoms with E-state index in [4.69, 9.17) is 9.15 Å². The van der Waals surface area contributed by atoms with E-state index in [1.54, 1.807) is 12.1 Å². The molecule has 1 aliphatic rings. The molecule has 1 fully saturated rings. The van der Waals surface area contributed by atoms with Crippen LogP contribution in [0.4, 0.5) is 0 Å². The van der Waals surface area contributed by atoms with Gasteiger partial charge in [0.05, 0.1) is 6.61 Å². The lowest BCUT2D eigenvalue weighted by Gasteiger charge is -2.21. The fourth-order valence-corrected chi connectivity index (χ4v) is 1.46. The molecule has 1 aliphatic heterocycles. The lowest BCUT2D eigenvalue weighted by Crippen LogP contribution is -2.43. The highest BCUT2D eigenvalue weighted by molar-refractivity contribution is 5.97. The van der Waals surface area contributed by atoms with Crippen LogP contribution in [0.25, 0.3) is 0 Å². The average Bonchev–Trinajstić information content (AvgIpc) is 2.65. The summed E-state index contributed by atoms with van der Waals surface area (Å²) in [7, 11) is 0. The lowest BCUT2D eigenvalue weighted by molar-refractivity contribution is 0.0248. The molecule has 14 heavy (non-hydrogen) atoms. The van der Waals surface area contributed by atoms with Crippen molar-refractivity contribution in [2.45, 2.75) is 13.0 Å². The second kappa shape index (κ2) is 3.94. The number of ether oxygens (including phenoxy) is 1. The minimum Gasteiger partial charge on any atom is -0.458 e. The number of aryl methyl sites for hydroxylation is 1. The molecule has 1 aromatic heterocycles. The summed E-state index contributed by atoms with van der Waals surface area (Å²) in [5.74, 6) is 1.05. The molecular weight excluding hydrogens is 182 g/mol. The first-order valence-electron chi connectivity index (χ1n) is 4.70. The fraction of sp³-hybridized carbons (Fsp3) is 0.500. The highest BCUT2D eigenvalue weighted by Gasteiger charge is 2.25. The van der Waals surface area contributed by atoms with Gasteiger partial charge in [0.1, 0.15) is 11.9 Å². The molecule has 0 aromatic carbocycles. The average molecular weight is 195 g/mol. The van der Waals surface area contributed by atoms with Crippen molar-refractivity contribution in [2.24, 2.45) is 0 Å². The predicted octanol–water partition coefficient (Wildman–Crippen LogP) is 0.759. The summed E-state index contributed by atoms with van der Waals surface area (Å²) in [4.78, 5) is 11.8. The molecule has 4 nitrogen and oxygen atoms in total. The quantitative estimate of drug-likeness (QED) is 0.708. The van der Waals surface area contributed by atoms with Gasteiger partial charge in [-0.1, -0.05) is 0 Å². The molecule has 1 aromatic rings. The Morgan fingerprint density at radius 2 is 2.43 bits per heavy atom. The Morgan fingerprint density at radius 3 is 3.00 bits per heavy atom. The summed E-state index contributed by atoms with van der Waals surface area (Å²) in [6.45, 7) is 3.77. The van der Waals surface area contributed by atoms with E-state index in [9.17, 15) is 4.79 Å². The highest BCUT2D eigenvalue weighted by atomic mass is 16.5. The van der Waals surface area contributed by atoms with Crippen LogP contribution in [-0.4, -0.2) is 31.6 Å². The van der Waals surface area contributed by atoms with Gasteiger partial charge in [-0.05, 0) is 19.1 Å². The summed E-state index contributed by atoms with van der Waals surface area (Å²) in [5.41, 5.74) is 0. The third kappa shape index (κ3) is 1.86. The third-order valence-electron chi connectivity index (χ3n) is 2.20. The number of rotatable bonds is 2. The Hall–Kier alpha value is -1.13. The van der Waals surface area contributed by atoms with E-state index in [-0.39, 0.29) is 5.78 Å². The van der Waals surface area contributed by atoms with Gasteiger partial charge in [0, 0.05) is 13.1 Å². The zero-order valence-corrected chi connectivity index (χ0v) is 8.08. The largest absolute Gasteiger partial charge is 0.458 e. The van der Waals surface area contributed by atoms with Gasteiger partial charge in [-0.15, -0.1) is 0 Å². The van der Waals surface area contributed by atoms with Crippen LogP contribution < -0.4 is 5.32 Å². The van der Waals surface area contributed by atoms with Gasteiger partial charge in [0.25, 0.3) is 0 Å². The number of carbonyl (C=O) groups is 1. The summed E-state index contributed by atoms with van der Waals surface area (Å²) < 4.78 is 10.6. The molecule has 1 N–H and O–H groups in total. The van der Waals surface area contributed by atoms with E-state index in [0.29, 0.717) is 18.9 Å². The molecule has 1 atom stereocenters. The molecule has 2 rings (SSSR count). The molecule has 0 spiro atoms. The van der Waals surface area contributed by atoms with Crippen molar-refractivity contribution >= 4 is 5.78 Å². The van der Waals surface area contributed by atoms with Crippen molar-refractivity contribution in [2.75, 3.05) is 19.7 Å². The first kappa shape index (κ1) is 9.43. The van der Waals surface area contributed by atoms with Crippen molar-refractivity contribution in [1.29, 1.82) is 0 Å². The molecular formula is C10H13NO3. The summed E-state index contributed by atoms with van der Waals surface area (Å²) >= 11 is 0. The van der Waals surface area contributed by atoms with E-state index >= 15 is 0 Å². The van der Waals surface area contributed by atoms with Crippen LogP contribution in [-0.2, 0) is 4.74 Å². The molecule has 0 bridgehead atoms. The molecule has 76 valence electrons. The van der Waals surface area contributed by atoms with E-state index in [0.717, 1.165) is 12.3 Å². The first-order chi connectivity index (χ1) is 6.77. The Kier molecular flexibility index (Phi) is 2.65. The predicted molar refractivity (Wildman–Crippen MR) is 50.4 cm³/mol. The SMILES string of the molecule is Cc1ccc(C(=O)C2CNCCO2)o1. The lowest BCUT2D eigenvalue weighted by atomic mass is 10.1. The summed E-state index contributed by atoms with van der Waals surface area (Å²) in [5, 5.41) is 3.10.